The van der Waals surface area contributed by atoms with E-state index in [4.69, 9.17) is 5.11 Å². The van der Waals surface area contributed by atoms with Gasteiger partial charge >= 0.3 is 12.0 Å². The van der Waals surface area contributed by atoms with Gasteiger partial charge in [-0.25, -0.2) is 9.78 Å². The number of nitrogens with one attached hydrogen (secondary N) is 1. The minimum atomic E-state index is -0.826. The molecule has 6 nitrogen and oxygen atoms in total. The van der Waals surface area contributed by atoms with Crippen molar-refractivity contribution in [3.63, 3.8) is 0 Å². The van der Waals surface area contributed by atoms with Crippen LogP contribution in [0.3, 0.4) is 0 Å². The molecule has 0 bridgehead atoms. The van der Waals surface area contributed by atoms with Crippen LogP contribution in [0, 0.1) is 5.92 Å². The van der Waals surface area contributed by atoms with Crippen molar-refractivity contribution in [2.45, 2.75) is 39.2 Å². The zero-order valence-corrected chi connectivity index (χ0v) is 13.2. The average Bonchev–Trinajstić information content (AvgIpc) is 2.96. The minimum absolute atomic E-state index is 0.159. The Labute approximate surface area is 128 Å². The summed E-state index contributed by atoms with van der Waals surface area (Å²) in [7, 11) is 0. The number of carbonyl (C=O) groups excluding carboxylic acids is 1. The number of nitrogens with zero attached hydrogens (tertiary/aromatic N) is 2. The number of aromatic nitrogens is 1. The lowest BCUT2D eigenvalue weighted by molar-refractivity contribution is -0.143. The van der Waals surface area contributed by atoms with E-state index in [1.807, 2.05) is 13.1 Å². The fourth-order valence-electron chi connectivity index (χ4n) is 2.39. The van der Waals surface area contributed by atoms with E-state index in [1.54, 1.807) is 16.2 Å². The molecule has 2 heterocycles. The summed E-state index contributed by atoms with van der Waals surface area (Å²) in [5, 5.41) is 12.8. The van der Waals surface area contributed by atoms with E-state index in [9.17, 15) is 9.59 Å². The first kappa shape index (κ1) is 15.8. The Kier molecular flexibility index (Phi) is 5.17. The lowest BCUT2D eigenvalue weighted by atomic mass is 9.99. The van der Waals surface area contributed by atoms with Crippen LogP contribution in [0.15, 0.2) is 6.20 Å². The molecule has 0 radical (unpaired) electrons. The first-order valence-corrected chi connectivity index (χ1v) is 8.05. The van der Waals surface area contributed by atoms with Crippen LogP contribution in [0.1, 0.15) is 42.6 Å². The van der Waals surface area contributed by atoms with Gasteiger partial charge in [-0.2, -0.15) is 0 Å². The molecule has 1 aliphatic rings. The molecule has 2 rings (SSSR count). The zero-order valence-electron chi connectivity index (χ0n) is 12.3. The summed E-state index contributed by atoms with van der Waals surface area (Å²) in [6, 6.07) is -0.366. The van der Waals surface area contributed by atoms with Gasteiger partial charge in [0.25, 0.3) is 0 Å². The van der Waals surface area contributed by atoms with Crippen LogP contribution in [0.25, 0.3) is 0 Å². The second-order valence-electron chi connectivity index (χ2n) is 5.31. The van der Waals surface area contributed by atoms with E-state index in [2.05, 4.69) is 17.2 Å². The number of amides is 2. The third kappa shape index (κ3) is 3.93. The van der Waals surface area contributed by atoms with Crippen LogP contribution < -0.4 is 5.32 Å². The smallest absolute Gasteiger partial charge is 0.317 e. The van der Waals surface area contributed by atoms with Gasteiger partial charge in [0.1, 0.15) is 5.01 Å². The molecular weight excluding hydrogens is 290 g/mol. The van der Waals surface area contributed by atoms with Gasteiger partial charge in [-0.3, -0.25) is 4.79 Å². The Hall–Kier alpha value is -1.63. The van der Waals surface area contributed by atoms with Gasteiger partial charge in [0.05, 0.1) is 12.0 Å². The standard InChI is InChI=1S/C14H21N3O3S/c1-3-11-7-15-12(21-11)9(2)16-14(20)17-6-4-5-10(8-17)13(18)19/h7,9-10H,3-6,8H2,1-2H3,(H,16,20)(H,18,19)/t9?,10-/m1/s1. The summed E-state index contributed by atoms with van der Waals surface area (Å²) in [5.41, 5.74) is 0. The highest BCUT2D eigenvalue weighted by Gasteiger charge is 2.28. The van der Waals surface area contributed by atoms with E-state index < -0.39 is 11.9 Å². The molecule has 1 aromatic heterocycles. The third-order valence-electron chi connectivity index (χ3n) is 3.69. The Morgan fingerprint density at radius 2 is 2.38 bits per heavy atom. The maximum Gasteiger partial charge on any atom is 0.317 e. The second-order valence-corrected chi connectivity index (χ2v) is 6.46. The van der Waals surface area contributed by atoms with Gasteiger partial charge in [-0.15, -0.1) is 11.3 Å². The molecule has 1 fully saturated rings. The summed E-state index contributed by atoms with van der Waals surface area (Å²) in [5.74, 6) is -1.28. The molecule has 116 valence electrons. The Bertz CT molecular complexity index is 517. The summed E-state index contributed by atoms with van der Waals surface area (Å²) in [6.45, 7) is 4.86. The van der Waals surface area contributed by atoms with Crippen LogP contribution in [0.2, 0.25) is 0 Å². The van der Waals surface area contributed by atoms with E-state index in [-0.39, 0.29) is 18.6 Å². The monoisotopic (exact) mass is 311 g/mol. The van der Waals surface area contributed by atoms with Crippen molar-refractivity contribution in [2.24, 2.45) is 5.92 Å². The van der Waals surface area contributed by atoms with E-state index in [0.29, 0.717) is 13.0 Å². The maximum absolute atomic E-state index is 12.2. The number of aliphatic carboxylic acids is 1. The van der Waals surface area contributed by atoms with E-state index in [1.165, 1.54) is 4.88 Å². The van der Waals surface area contributed by atoms with Crippen molar-refractivity contribution in [2.75, 3.05) is 13.1 Å². The normalized spacial score (nSPS) is 20.1. The van der Waals surface area contributed by atoms with E-state index >= 15 is 0 Å². The van der Waals surface area contributed by atoms with Gasteiger partial charge in [-0.1, -0.05) is 6.92 Å². The van der Waals surface area contributed by atoms with Crippen LogP contribution in [0.5, 0.6) is 0 Å². The van der Waals surface area contributed by atoms with Gasteiger partial charge in [0.15, 0.2) is 0 Å². The highest BCUT2D eigenvalue weighted by atomic mass is 32.1. The third-order valence-corrected chi connectivity index (χ3v) is 5.01. The molecule has 21 heavy (non-hydrogen) atoms. The van der Waals surface area contributed by atoms with Crippen molar-refractivity contribution >= 4 is 23.3 Å². The molecule has 1 unspecified atom stereocenters. The molecule has 1 saturated heterocycles. The molecule has 0 aromatic carbocycles. The Balaban J connectivity index is 1.92. The Morgan fingerprint density at radius 1 is 1.62 bits per heavy atom. The topological polar surface area (TPSA) is 82.5 Å². The predicted molar refractivity (Wildman–Crippen MR) is 80.4 cm³/mol. The van der Waals surface area contributed by atoms with Crippen molar-refractivity contribution in [3.05, 3.63) is 16.1 Å². The first-order valence-electron chi connectivity index (χ1n) is 7.24. The van der Waals surface area contributed by atoms with Crippen LogP contribution in [0.4, 0.5) is 4.79 Å². The fraction of sp³-hybridized carbons (Fsp3) is 0.643. The second kappa shape index (κ2) is 6.89. The van der Waals surface area contributed by atoms with Gasteiger partial charge in [0.2, 0.25) is 0 Å². The van der Waals surface area contributed by atoms with Crippen LogP contribution in [-0.4, -0.2) is 40.1 Å². The Morgan fingerprint density at radius 3 is 3.00 bits per heavy atom. The molecule has 0 aliphatic carbocycles. The number of likely N-dealkylation sites (tertiary alicyclic amines) is 1. The number of thiazole rings is 1. The number of aryl methyl sites for hydroxylation is 1. The SMILES string of the molecule is CCc1cnc(C(C)NC(=O)N2CCC[C@@H](C(=O)O)C2)s1. The molecular formula is C14H21N3O3S. The van der Waals surface area contributed by atoms with Crippen LogP contribution in [-0.2, 0) is 11.2 Å². The number of rotatable bonds is 4. The first-order chi connectivity index (χ1) is 10.0. The molecule has 2 amide bonds. The molecule has 2 atom stereocenters. The molecule has 0 spiro atoms. The molecule has 7 heteroatoms. The van der Waals surface area contributed by atoms with Crippen molar-refractivity contribution < 1.29 is 14.7 Å². The molecule has 2 N–H and O–H groups in total. The quantitative estimate of drug-likeness (QED) is 0.893. The highest BCUT2D eigenvalue weighted by molar-refractivity contribution is 7.11. The summed E-state index contributed by atoms with van der Waals surface area (Å²) >= 11 is 1.60. The maximum atomic E-state index is 12.2. The number of carbonyl (C=O) groups is 2. The van der Waals surface area contributed by atoms with Crippen molar-refractivity contribution in [1.29, 1.82) is 0 Å². The number of hydrogen-bond donors (Lipinski definition) is 2. The summed E-state index contributed by atoms with van der Waals surface area (Å²) in [4.78, 5) is 30.4. The summed E-state index contributed by atoms with van der Waals surface area (Å²) < 4.78 is 0. The van der Waals surface area contributed by atoms with Gasteiger partial charge < -0.3 is 15.3 Å². The lowest BCUT2D eigenvalue weighted by Crippen LogP contribution is -2.47. The molecule has 0 saturated carbocycles. The minimum Gasteiger partial charge on any atom is -0.481 e. The number of urea groups is 1. The summed E-state index contributed by atoms with van der Waals surface area (Å²) in [6.07, 6.45) is 4.14. The average molecular weight is 311 g/mol. The van der Waals surface area contributed by atoms with E-state index in [0.717, 1.165) is 17.8 Å². The molecule has 1 aromatic rings. The predicted octanol–water partition coefficient (Wildman–Crippen LogP) is 2.27. The number of hydrogen-bond acceptors (Lipinski definition) is 4. The van der Waals surface area contributed by atoms with Gasteiger partial charge in [-0.05, 0) is 26.2 Å². The van der Waals surface area contributed by atoms with Gasteiger partial charge in [0, 0.05) is 24.2 Å². The van der Waals surface area contributed by atoms with Crippen molar-refractivity contribution in [1.82, 2.24) is 15.2 Å². The number of piperidine rings is 1. The number of carboxylic acids is 1. The fourth-order valence-corrected chi connectivity index (χ4v) is 3.25. The van der Waals surface area contributed by atoms with Crippen LogP contribution >= 0.6 is 11.3 Å². The highest BCUT2D eigenvalue weighted by Crippen LogP contribution is 2.21. The van der Waals surface area contributed by atoms with Crippen molar-refractivity contribution in [3.8, 4) is 0 Å². The molecule has 1 aliphatic heterocycles. The largest absolute Gasteiger partial charge is 0.481 e. The number of carboxylic acid groups (broad SMARTS) is 1. The lowest BCUT2D eigenvalue weighted by Gasteiger charge is -2.31. The zero-order chi connectivity index (χ0) is 15.4.